The van der Waals surface area contributed by atoms with Gasteiger partial charge in [0.1, 0.15) is 11.9 Å². The molecule has 1 aromatic carbocycles. The van der Waals surface area contributed by atoms with Crippen LogP contribution < -0.4 is 10.8 Å². The van der Waals surface area contributed by atoms with Crippen molar-refractivity contribution in [3.8, 4) is 0 Å². The third-order valence-electron chi connectivity index (χ3n) is 2.88. The van der Waals surface area contributed by atoms with Crippen LogP contribution in [0.15, 0.2) is 36.8 Å². The highest BCUT2D eigenvalue weighted by Crippen LogP contribution is 2.16. The van der Waals surface area contributed by atoms with Crippen LogP contribution in [-0.4, -0.2) is 16.0 Å². The molecule has 2 amide bonds. The highest BCUT2D eigenvalue weighted by atomic mass is 19.1. The number of amides is 2. The van der Waals surface area contributed by atoms with Crippen LogP contribution in [0.25, 0.3) is 0 Å². The van der Waals surface area contributed by atoms with Gasteiger partial charge >= 0.3 is 6.03 Å². The molecule has 1 atom stereocenters. The number of aromatic amines is 1. The van der Waals surface area contributed by atoms with Gasteiger partial charge in [0.15, 0.2) is 0 Å². The maximum absolute atomic E-state index is 12.7. The first-order valence-corrected chi connectivity index (χ1v) is 6.61. The predicted octanol–water partition coefficient (Wildman–Crippen LogP) is 2.43. The smallest absolute Gasteiger partial charge is 0.338 e. The number of rotatable bonds is 6. The molecule has 0 aliphatic carbocycles. The van der Waals surface area contributed by atoms with E-state index in [1.165, 1.54) is 12.1 Å². The summed E-state index contributed by atoms with van der Waals surface area (Å²) >= 11 is 0. The first kappa shape index (κ1) is 15.0. The Bertz CT molecular complexity index is 557. The molecule has 2 rings (SSSR count). The number of carbonyl (C=O) groups is 1. The molecule has 0 fully saturated rings. The molecule has 0 bridgehead atoms. The third-order valence-corrected chi connectivity index (χ3v) is 2.88. The molecular formula is C14H17FN4O2. The average molecular weight is 292 g/mol. The van der Waals surface area contributed by atoms with Crippen molar-refractivity contribution < 1.29 is 14.0 Å². The molecule has 2 aromatic rings. The van der Waals surface area contributed by atoms with E-state index in [1.54, 1.807) is 24.7 Å². The predicted molar refractivity (Wildman–Crippen MR) is 74.5 cm³/mol. The Hall–Kier alpha value is -2.41. The third kappa shape index (κ3) is 4.57. The van der Waals surface area contributed by atoms with Crippen LogP contribution in [0.5, 0.6) is 0 Å². The van der Waals surface area contributed by atoms with Crippen molar-refractivity contribution in [2.75, 3.05) is 0 Å². The zero-order valence-corrected chi connectivity index (χ0v) is 11.6. The highest BCUT2D eigenvalue weighted by molar-refractivity contribution is 5.72. The van der Waals surface area contributed by atoms with E-state index in [2.05, 4.69) is 20.8 Å². The molecule has 112 valence electrons. The van der Waals surface area contributed by atoms with E-state index < -0.39 is 6.03 Å². The maximum atomic E-state index is 12.7. The first-order valence-electron chi connectivity index (χ1n) is 6.61. The van der Waals surface area contributed by atoms with Gasteiger partial charge in [0.2, 0.25) is 0 Å². The number of carbonyl (C=O) groups excluding carboxylic acids is 1. The first-order chi connectivity index (χ1) is 10.2. The van der Waals surface area contributed by atoms with Gasteiger partial charge < -0.3 is 10.3 Å². The van der Waals surface area contributed by atoms with Crippen LogP contribution in [0, 0.1) is 5.82 Å². The van der Waals surface area contributed by atoms with E-state index >= 15 is 0 Å². The minimum atomic E-state index is -0.465. The molecule has 0 saturated heterocycles. The van der Waals surface area contributed by atoms with Crippen LogP contribution in [0.2, 0.25) is 0 Å². The number of hydrogen-bond donors (Lipinski definition) is 3. The van der Waals surface area contributed by atoms with Crippen LogP contribution >= 0.6 is 0 Å². The van der Waals surface area contributed by atoms with Gasteiger partial charge in [0.25, 0.3) is 0 Å². The largest absolute Gasteiger partial charge is 0.351 e. The van der Waals surface area contributed by atoms with Gasteiger partial charge in [0.05, 0.1) is 12.0 Å². The molecule has 1 unspecified atom stereocenters. The lowest BCUT2D eigenvalue weighted by molar-refractivity contribution is -0.00967. The van der Waals surface area contributed by atoms with Gasteiger partial charge in [-0.25, -0.2) is 19.6 Å². The summed E-state index contributed by atoms with van der Waals surface area (Å²) in [5.41, 5.74) is 3.84. The number of urea groups is 1. The zero-order valence-electron chi connectivity index (χ0n) is 11.6. The molecule has 0 saturated carbocycles. The number of hydroxylamine groups is 1. The topological polar surface area (TPSA) is 79.0 Å². The van der Waals surface area contributed by atoms with Gasteiger partial charge in [-0.2, -0.15) is 0 Å². The summed E-state index contributed by atoms with van der Waals surface area (Å²) in [6, 6.07) is 5.43. The Balaban J connectivity index is 1.75. The number of nitrogens with one attached hydrogen (secondary N) is 3. The summed E-state index contributed by atoms with van der Waals surface area (Å²) in [7, 11) is 0. The summed E-state index contributed by atoms with van der Waals surface area (Å²) in [6.45, 7) is 2.21. The molecule has 7 heteroatoms. The Labute approximate surface area is 121 Å². The molecule has 3 N–H and O–H groups in total. The summed E-state index contributed by atoms with van der Waals surface area (Å²) < 4.78 is 12.7. The molecule has 0 aliphatic heterocycles. The van der Waals surface area contributed by atoms with Crippen LogP contribution in [-0.2, 0) is 11.4 Å². The van der Waals surface area contributed by atoms with Gasteiger partial charge in [0, 0.05) is 12.7 Å². The lowest BCUT2D eigenvalue weighted by Crippen LogP contribution is -2.36. The van der Waals surface area contributed by atoms with Crippen molar-refractivity contribution in [2.24, 2.45) is 0 Å². The molecule has 1 aromatic heterocycles. The lowest BCUT2D eigenvalue weighted by Gasteiger charge is -2.14. The second-order valence-electron chi connectivity index (χ2n) is 4.42. The number of aromatic nitrogens is 2. The fourth-order valence-electron chi connectivity index (χ4n) is 1.75. The van der Waals surface area contributed by atoms with Crippen molar-refractivity contribution in [2.45, 2.75) is 26.0 Å². The van der Waals surface area contributed by atoms with Crippen molar-refractivity contribution in [3.63, 3.8) is 0 Å². The quantitative estimate of drug-likeness (QED) is 0.715. The summed E-state index contributed by atoms with van der Waals surface area (Å²) in [5.74, 6) is -0.309. The second kappa shape index (κ2) is 7.39. The number of nitrogens with zero attached hydrogens (tertiary/aromatic N) is 1. The maximum Gasteiger partial charge on any atom is 0.338 e. The second-order valence-corrected chi connectivity index (χ2v) is 4.42. The van der Waals surface area contributed by atoms with E-state index in [0.29, 0.717) is 6.42 Å². The Morgan fingerprint density at radius 3 is 2.81 bits per heavy atom. The lowest BCUT2D eigenvalue weighted by atomic mass is 10.2. The fraction of sp³-hybridized carbons (Fsp3) is 0.286. The summed E-state index contributed by atoms with van der Waals surface area (Å²) in [4.78, 5) is 23.8. The Kier molecular flexibility index (Phi) is 5.28. The van der Waals surface area contributed by atoms with Crippen molar-refractivity contribution in [1.29, 1.82) is 0 Å². The molecule has 1 heterocycles. The van der Waals surface area contributed by atoms with E-state index in [4.69, 9.17) is 4.84 Å². The molecule has 0 radical (unpaired) electrons. The normalized spacial score (nSPS) is 11.9. The van der Waals surface area contributed by atoms with E-state index in [9.17, 15) is 9.18 Å². The molecule has 0 spiro atoms. The number of halogens is 1. The molecule has 0 aliphatic rings. The number of hydrogen-bond acceptors (Lipinski definition) is 3. The van der Waals surface area contributed by atoms with Crippen molar-refractivity contribution in [3.05, 3.63) is 53.9 Å². The molecular weight excluding hydrogens is 275 g/mol. The van der Waals surface area contributed by atoms with Gasteiger partial charge in [-0.1, -0.05) is 19.1 Å². The highest BCUT2D eigenvalue weighted by Gasteiger charge is 2.13. The number of H-pyrrole nitrogens is 1. The van der Waals surface area contributed by atoms with Crippen molar-refractivity contribution in [1.82, 2.24) is 20.8 Å². The molecule has 21 heavy (non-hydrogen) atoms. The number of imidazole rings is 1. The minimum Gasteiger partial charge on any atom is -0.351 e. The van der Waals surface area contributed by atoms with E-state index in [1.807, 2.05) is 6.92 Å². The van der Waals surface area contributed by atoms with E-state index in [0.717, 1.165) is 11.3 Å². The average Bonchev–Trinajstić information content (AvgIpc) is 3.01. The fourth-order valence-corrected chi connectivity index (χ4v) is 1.75. The summed E-state index contributed by atoms with van der Waals surface area (Å²) in [6.07, 6.45) is 3.62. The monoisotopic (exact) mass is 292 g/mol. The SMILES string of the molecule is CCC(ONC(=O)NCc1ccc(F)cc1)c1c[nH]cn1. The van der Waals surface area contributed by atoms with Crippen LogP contribution in [0.1, 0.15) is 30.7 Å². The van der Waals surface area contributed by atoms with Gasteiger partial charge in [-0.05, 0) is 24.1 Å². The van der Waals surface area contributed by atoms with Crippen LogP contribution in [0.3, 0.4) is 0 Å². The van der Waals surface area contributed by atoms with Crippen LogP contribution in [0.4, 0.5) is 9.18 Å². The number of benzene rings is 1. The van der Waals surface area contributed by atoms with Gasteiger partial charge in [-0.3, -0.25) is 4.84 Å². The molecule has 6 nitrogen and oxygen atoms in total. The Morgan fingerprint density at radius 1 is 1.43 bits per heavy atom. The standard InChI is InChI=1S/C14H17FN4O2/c1-2-13(12-8-16-9-18-12)21-19-14(20)17-7-10-3-5-11(15)6-4-10/h3-6,8-9,13H,2,7H2,1H3,(H,16,18)(H2,17,19,20). The summed E-state index contributed by atoms with van der Waals surface area (Å²) in [5, 5.41) is 2.62. The van der Waals surface area contributed by atoms with E-state index in [-0.39, 0.29) is 18.5 Å². The Morgan fingerprint density at radius 2 is 2.19 bits per heavy atom. The zero-order chi connectivity index (χ0) is 15.1. The van der Waals surface area contributed by atoms with Crippen molar-refractivity contribution >= 4 is 6.03 Å². The minimum absolute atomic E-state index is 0.286. The van der Waals surface area contributed by atoms with Gasteiger partial charge in [-0.15, -0.1) is 0 Å².